The molecular weight excluding hydrogens is 284 g/mol. The molecule has 1 fully saturated rings. The van der Waals surface area contributed by atoms with Crippen molar-refractivity contribution in [1.29, 1.82) is 0 Å². The molecule has 1 unspecified atom stereocenters. The number of hydrogen-bond donors (Lipinski definition) is 2. The normalized spacial score (nSPS) is 17.2. The smallest absolute Gasteiger partial charge is 0.253 e. The Morgan fingerprint density at radius 3 is 2.73 bits per heavy atom. The zero-order chi connectivity index (χ0) is 15.8. The number of ether oxygens (including phenoxy) is 2. The van der Waals surface area contributed by atoms with Gasteiger partial charge in [0.2, 0.25) is 0 Å². The molecule has 1 heterocycles. The Hall–Kier alpha value is -1.92. The summed E-state index contributed by atoms with van der Waals surface area (Å²) >= 11 is 0. The molecule has 1 aromatic rings. The maximum Gasteiger partial charge on any atom is 0.253 e. The summed E-state index contributed by atoms with van der Waals surface area (Å²) < 4.78 is 10.2. The van der Waals surface area contributed by atoms with E-state index in [9.17, 15) is 9.59 Å². The number of benzene rings is 1. The van der Waals surface area contributed by atoms with E-state index in [1.807, 2.05) is 0 Å². The molecule has 1 saturated heterocycles. The average Bonchev–Trinajstić information content (AvgIpc) is 3.06. The SMILES string of the molecule is COCCCNC(=O)c1ccc(NC(=O)C2CCCO2)cc1. The van der Waals surface area contributed by atoms with Crippen LogP contribution in [-0.2, 0) is 14.3 Å². The summed E-state index contributed by atoms with van der Waals surface area (Å²) in [7, 11) is 1.63. The number of nitrogens with one attached hydrogen (secondary N) is 2. The summed E-state index contributed by atoms with van der Waals surface area (Å²) in [6, 6.07) is 6.82. The minimum Gasteiger partial charge on any atom is -0.385 e. The van der Waals surface area contributed by atoms with Crippen LogP contribution in [0.25, 0.3) is 0 Å². The lowest BCUT2D eigenvalue weighted by atomic mass is 10.1. The molecule has 0 spiro atoms. The van der Waals surface area contributed by atoms with Crippen molar-refractivity contribution in [3.8, 4) is 0 Å². The fourth-order valence-corrected chi connectivity index (χ4v) is 2.23. The molecule has 1 aliphatic heterocycles. The van der Waals surface area contributed by atoms with Gasteiger partial charge in [0.15, 0.2) is 0 Å². The maximum atomic E-state index is 11.9. The Morgan fingerprint density at radius 1 is 1.32 bits per heavy atom. The maximum absolute atomic E-state index is 11.9. The first-order valence-corrected chi connectivity index (χ1v) is 7.50. The predicted molar refractivity (Wildman–Crippen MR) is 82.9 cm³/mol. The third-order valence-corrected chi connectivity index (χ3v) is 3.45. The van der Waals surface area contributed by atoms with Crippen molar-refractivity contribution in [2.75, 3.05) is 32.2 Å². The van der Waals surface area contributed by atoms with Crippen molar-refractivity contribution < 1.29 is 19.1 Å². The van der Waals surface area contributed by atoms with E-state index >= 15 is 0 Å². The number of methoxy groups -OCH3 is 1. The lowest BCUT2D eigenvalue weighted by Gasteiger charge is -2.11. The van der Waals surface area contributed by atoms with Crippen LogP contribution in [0, 0.1) is 0 Å². The van der Waals surface area contributed by atoms with Gasteiger partial charge in [-0.05, 0) is 43.5 Å². The van der Waals surface area contributed by atoms with Gasteiger partial charge >= 0.3 is 0 Å². The van der Waals surface area contributed by atoms with E-state index in [2.05, 4.69) is 10.6 Å². The molecule has 2 N–H and O–H groups in total. The highest BCUT2D eigenvalue weighted by Crippen LogP contribution is 2.15. The van der Waals surface area contributed by atoms with E-state index in [0.717, 1.165) is 19.3 Å². The highest BCUT2D eigenvalue weighted by molar-refractivity contribution is 5.96. The van der Waals surface area contributed by atoms with Gasteiger partial charge in [-0.15, -0.1) is 0 Å². The largest absolute Gasteiger partial charge is 0.385 e. The molecule has 120 valence electrons. The number of carbonyl (C=O) groups excluding carboxylic acids is 2. The van der Waals surface area contributed by atoms with Gasteiger partial charge in [0.05, 0.1) is 0 Å². The Kier molecular flexibility index (Phi) is 6.36. The van der Waals surface area contributed by atoms with E-state index in [1.165, 1.54) is 0 Å². The number of anilines is 1. The van der Waals surface area contributed by atoms with E-state index in [1.54, 1.807) is 31.4 Å². The number of rotatable bonds is 7. The van der Waals surface area contributed by atoms with Gasteiger partial charge in [-0.3, -0.25) is 9.59 Å². The van der Waals surface area contributed by atoms with Crippen LogP contribution in [0.3, 0.4) is 0 Å². The van der Waals surface area contributed by atoms with E-state index in [4.69, 9.17) is 9.47 Å². The summed E-state index contributed by atoms with van der Waals surface area (Å²) in [5, 5.41) is 5.61. The Bertz CT molecular complexity index is 495. The molecule has 22 heavy (non-hydrogen) atoms. The highest BCUT2D eigenvalue weighted by Gasteiger charge is 2.23. The van der Waals surface area contributed by atoms with Crippen LogP contribution >= 0.6 is 0 Å². The minimum absolute atomic E-state index is 0.130. The van der Waals surface area contributed by atoms with Gasteiger partial charge in [-0.1, -0.05) is 0 Å². The van der Waals surface area contributed by atoms with Crippen LogP contribution in [0.15, 0.2) is 24.3 Å². The third kappa shape index (κ3) is 4.82. The Labute approximate surface area is 130 Å². The molecule has 1 aromatic carbocycles. The second-order valence-electron chi connectivity index (χ2n) is 5.17. The van der Waals surface area contributed by atoms with Gasteiger partial charge < -0.3 is 20.1 Å². The standard InChI is InChI=1S/C16H22N2O4/c1-21-10-3-9-17-15(19)12-5-7-13(8-6-12)18-16(20)14-4-2-11-22-14/h5-8,14H,2-4,9-11H2,1H3,(H,17,19)(H,18,20). The summed E-state index contributed by atoms with van der Waals surface area (Å²) in [5.74, 6) is -0.262. The van der Waals surface area contributed by atoms with Crippen molar-refractivity contribution in [2.45, 2.75) is 25.4 Å². The molecule has 0 aromatic heterocycles. The second-order valence-corrected chi connectivity index (χ2v) is 5.17. The lowest BCUT2D eigenvalue weighted by Crippen LogP contribution is -2.27. The van der Waals surface area contributed by atoms with Crippen LogP contribution in [0.4, 0.5) is 5.69 Å². The predicted octanol–water partition coefficient (Wildman–Crippen LogP) is 1.57. The van der Waals surface area contributed by atoms with Crippen molar-refractivity contribution in [3.63, 3.8) is 0 Å². The van der Waals surface area contributed by atoms with Gasteiger partial charge in [-0.25, -0.2) is 0 Å². The second kappa shape index (κ2) is 8.51. The summed E-state index contributed by atoms with van der Waals surface area (Å²) in [4.78, 5) is 23.8. The van der Waals surface area contributed by atoms with E-state index in [-0.39, 0.29) is 17.9 Å². The molecule has 2 rings (SSSR count). The van der Waals surface area contributed by atoms with Gasteiger partial charge in [-0.2, -0.15) is 0 Å². The fourth-order valence-electron chi connectivity index (χ4n) is 2.23. The van der Waals surface area contributed by atoms with Crippen LogP contribution in [0.1, 0.15) is 29.6 Å². The molecule has 0 aliphatic carbocycles. The fraction of sp³-hybridized carbons (Fsp3) is 0.500. The summed E-state index contributed by atoms with van der Waals surface area (Å²) in [6.45, 7) is 1.83. The molecule has 6 heteroatoms. The van der Waals surface area contributed by atoms with Crippen molar-refractivity contribution in [3.05, 3.63) is 29.8 Å². The number of hydrogen-bond acceptors (Lipinski definition) is 4. The molecule has 6 nitrogen and oxygen atoms in total. The van der Waals surface area contributed by atoms with Gasteiger partial charge in [0.1, 0.15) is 6.10 Å². The Morgan fingerprint density at radius 2 is 2.09 bits per heavy atom. The molecule has 0 bridgehead atoms. The van der Waals surface area contributed by atoms with Crippen LogP contribution < -0.4 is 10.6 Å². The lowest BCUT2D eigenvalue weighted by molar-refractivity contribution is -0.124. The molecule has 0 saturated carbocycles. The van der Waals surface area contributed by atoms with E-state index in [0.29, 0.717) is 31.0 Å². The van der Waals surface area contributed by atoms with Crippen LogP contribution in [0.2, 0.25) is 0 Å². The van der Waals surface area contributed by atoms with E-state index < -0.39 is 0 Å². The summed E-state index contributed by atoms with van der Waals surface area (Å²) in [6.07, 6.45) is 2.09. The molecule has 1 aliphatic rings. The zero-order valence-electron chi connectivity index (χ0n) is 12.8. The number of carbonyl (C=O) groups is 2. The monoisotopic (exact) mass is 306 g/mol. The quantitative estimate of drug-likeness (QED) is 0.750. The highest BCUT2D eigenvalue weighted by atomic mass is 16.5. The van der Waals surface area contributed by atoms with Crippen molar-refractivity contribution in [1.82, 2.24) is 5.32 Å². The first kappa shape index (κ1) is 16.5. The van der Waals surface area contributed by atoms with Crippen LogP contribution in [0.5, 0.6) is 0 Å². The zero-order valence-corrected chi connectivity index (χ0v) is 12.8. The molecular formula is C16H22N2O4. The Balaban J connectivity index is 1.81. The molecule has 0 radical (unpaired) electrons. The van der Waals surface area contributed by atoms with Gasteiger partial charge in [0, 0.05) is 38.1 Å². The summed E-state index contributed by atoms with van der Waals surface area (Å²) in [5.41, 5.74) is 1.23. The van der Waals surface area contributed by atoms with Crippen molar-refractivity contribution >= 4 is 17.5 Å². The average molecular weight is 306 g/mol. The van der Waals surface area contributed by atoms with Crippen molar-refractivity contribution in [2.24, 2.45) is 0 Å². The third-order valence-electron chi connectivity index (χ3n) is 3.45. The first-order chi connectivity index (χ1) is 10.7. The minimum atomic E-state index is -0.358. The first-order valence-electron chi connectivity index (χ1n) is 7.50. The topological polar surface area (TPSA) is 76.7 Å². The van der Waals surface area contributed by atoms with Crippen LogP contribution in [-0.4, -0.2) is 44.8 Å². The number of amides is 2. The molecule has 2 amide bonds. The van der Waals surface area contributed by atoms with Gasteiger partial charge in [0.25, 0.3) is 11.8 Å². The molecule has 1 atom stereocenters.